The lowest BCUT2D eigenvalue weighted by Crippen LogP contribution is -2.18. The van der Waals surface area contributed by atoms with E-state index in [2.05, 4.69) is 22.5 Å². The summed E-state index contributed by atoms with van der Waals surface area (Å²) in [6, 6.07) is 6.37. The van der Waals surface area contributed by atoms with Crippen LogP contribution in [0.4, 0.5) is 5.95 Å². The summed E-state index contributed by atoms with van der Waals surface area (Å²) < 4.78 is 2.17. The third-order valence-electron chi connectivity index (χ3n) is 4.05. The average molecular weight is 264 g/mol. The standard InChI is InChI=1S/C14H18ClN3/c1-9-5-7-10(8-6-9)18-12-4-2-3-11(15)13(12)17-14(18)16/h2-4,9-10H,5-8H2,1H3,(H2,16,17). The van der Waals surface area contributed by atoms with Crippen LogP contribution in [-0.2, 0) is 0 Å². The number of hydrogen-bond acceptors (Lipinski definition) is 2. The second-order valence-corrected chi connectivity index (χ2v) is 5.77. The summed E-state index contributed by atoms with van der Waals surface area (Å²) in [4.78, 5) is 4.42. The molecule has 0 spiro atoms. The lowest BCUT2D eigenvalue weighted by Gasteiger charge is -2.28. The first kappa shape index (κ1) is 11.8. The van der Waals surface area contributed by atoms with Gasteiger partial charge in [0.2, 0.25) is 5.95 Å². The Bertz CT molecular complexity index is 568. The topological polar surface area (TPSA) is 43.8 Å². The Balaban J connectivity index is 2.06. The second kappa shape index (κ2) is 4.47. The normalized spacial score (nSPS) is 24.6. The zero-order valence-electron chi connectivity index (χ0n) is 10.6. The van der Waals surface area contributed by atoms with E-state index in [-0.39, 0.29) is 0 Å². The molecule has 1 heterocycles. The van der Waals surface area contributed by atoms with Gasteiger partial charge in [-0.05, 0) is 43.7 Å². The highest BCUT2D eigenvalue weighted by Gasteiger charge is 2.23. The Kier molecular flexibility index (Phi) is 2.94. The fourth-order valence-corrected chi connectivity index (χ4v) is 3.20. The van der Waals surface area contributed by atoms with Gasteiger partial charge in [-0.3, -0.25) is 0 Å². The zero-order valence-corrected chi connectivity index (χ0v) is 11.3. The number of benzene rings is 1. The van der Waals surface area contributed by atoms with Gasteiger partial charge < -0.3 is 10.3 Å². The van der Waals surface area contributed by atoms with E-state index in [1.165, 1.54) is 25.7 Å². The smallest absolute Gasteiger partial charge is 0.201 e. The third-order valence-corrected chi connectivity index (χ3v) is 4.35. The van der Waals surface area contributed by atoms with E-state index >= 15 is 0 Å². The van der Waals surface area contributed by atoms with Crippen LogP contribution in [0.2, 0.25) is 5.02 Å². The number of aromatic nitrogens is 2. The summed E-state index contributed by atoms with van der Waals surface area (Å²) in [6.07, 6.45) is 4.90. The summed E-state index contributed by atoms with van der Waals surface area (Å²) in [5, 5.41) is 0.683. The first-order chi connectivity index (χ1) is 8.66. The fraction of sp³-hybridized carbons (Fsp3) is 0.500. The maximum Gasteiger partial charge on any atom is 0.201 e. The number of halogens is 1. The largest absolute Gasteiger partial charge is 0.369 e. The minimum atomic E-state index is 0.477. The van der Waals surface area contributed by atoms with E-state index in [0.717, 1.165) is 17.0 Å². The number of nitrogens with two attached hydrogens (primary N) is 1. The van der Waals surface area contributed by atoms with Crippen molar-refractivity contribution in [2.24, 2.45) is 5.92 Å². The fourth-order valence-electron chi connectivity index (χ4n) is 2.99. The number of anilines is 1. The van der Waals surface area contributed by atoms with Gasteiger partial charge in [-0.25, -0.2) is 4.98 Å². The van der Waals surface area contributed by atoms with Gasteiger partial charge in [0.05, 0.1) is 10.5 Å². The molecule has 3 rings (SSSR count). The van der Waals surface area contributed by atoms with E-state index in [1.807, 2.05) is 12.1 Å². The average Bonchev–Trinajstić information content (AvgIpc) is 2.69. The van der Waals surface area contributed by atoms with Crippen molar-refractivity contribution in [3.05, 3.63) is 23.2 Å². The molecule has 0 unspecified atom stereocenters. The molecule has 3 nitrogen and oxygen atoms in total. The zero-order chi connectivity index (χ0) is 12.7. The van der Waals surface area contributed by atoms with Crippen molar-refractivity contribution in [2.75, 3.05) is 5.73 Å². The lowest BCUT2D eigenvalue weighted by molar-refractivity contribution is 0.296. The van der Waals surface area contributed by atoms with Gasteiger partial charge >= 0.3 is 0 Å². The van der Waals surface area contributed by atoms with Crippen LogP contribution >= 0.6 is 11.6 Å². The number of para-hydroxylation sites is 1. The maximum absolute atomic E-state index is 6.17. The van der Waals surface area contributed by atoms with Crippen molar-refractivity contribution in [2.45, 2.75) is 38.6 Å². The number of fused-ring (bicyclic) bond motifs is 1. The van der Waals surface area contributed by atoms with Gasteiger partial charge in [0.1, 0.15) is 5.52 Å². The van der Waals surface area contributed by atoms with E-state index in [0.29, 0.717) is 17.0 Å². The maximum atomic E-state index is 6.17. The van der Waals surface area contributed by atoms with Crippen molar-refractivity contribution in [3.63, 3.8) is 0 Å². The van der Waals surface area contributed by atoms with Crippen LogP contribution in [0.5, 0.6) is 0 Å². The number of rotatable bonds is 1. The van der Waals surface area contributed by atoms with Gasteiger partial charge in [0.15, 0.2) is 0 Å². The Hall–Kier alpha value is -1.22. The molecule has 1 aliphatic carbocycles. The van der Waals surface area contributed by atoms with Crippen LogP contribution in [0.3, 0.4) is 0 Å². The predicted molar refractivity (Wildman–Crippen MR) is 75.8 cm³/mol. The number of imidazole rings is 1. The van der Waals surface area contributed by atoms with Gasteiger partial charge in [0.25, 0.3) is 0 Å². The molecule has 4 heteroatoms. The van der Waals surface area contributed by atoms with Crippen LogP contribution in [0.15, 0.2) is 18.2 Å². The Morgan fingerprint density at radius 1 is 1.28 bits per heavy atom. The van der Waals surface area contributed by atoms with Crippen LogP contribution < -0.4 is 5.73 Å². The Morgan fingerprint density at radius 2 is 2.00 bits per heavy atom. The molecule has 1 saturated carbocycles. The van der Waals surface area contributed by atoms with Crippen molar-refractivity contribution in [3.8, 4) is 0 Å². The lowest BCUT2D eigenvalue weighted by atomic mass is 9.87. The quantitative estimate of drug-likeness (QED) is 0.844. The number of nitrogen functional groups attached to an aromatic ring is 1. The Labute approximate surface area is 112 Å². The van der Waals surface area contributed by atoms with Gasteiger partial charge in [0, 0.05) is 6.04 Å². The molecule has 0 radical (unpaired) electrons. The van der Waals surface area contributed by atoms with Gasteiger partial charge in [-0.15, -0.1) is 0 Å². The van der Waals surface area contributed by atoms with Crippen molar-refractivity contribution in [1.82, 2.24) is 9.55 Å². The molecule has 18 heavy (non-hydrogen) atoms. The summed E-state index contributed by atoms with van der Waals surface area (Å²) in [5.74, 6) is 1.43. The highest BCUT2D eigenvalue weighted by Crippen LogP contribution is 2.36. The monoisotopic (exact) mass is 263 g/mol. The summed E-state index contributed by atoms with van der Waals surface area (Å²) in [6.45, 7) is 2.32. The molecule has 1 aromatic heterocycles. The molecule has 1 aliphatic rings. The summed E-state index contributed by atoms with van der Waals surface area (Å²) in [7, 11) is 0. The summed E-state index contributed by atoms with van der Waals surface area (Å²) >= 11 is 6.17. The van der Waals surface area contributed by atoms with Crippen LogP contribution in [0, 0.1) is 5.92 Å². The highest BCUT2D eigenvalue weighted by molar-refractivity contribution is 6.35. The molecule has 0 amide bonds. The predicted octanol–water partition coefficient (Wildman–Crippen LogP) is 4.02. The molecule has 0 aliphatic heterocycles. The molecule has 96 valence electrons. The molecule has 2 N–H and O–H groups in total. The van der Waals surface area contributed by atoms with Crippen LogP contribution in [-0.4, -0.2) is 9.55 Å². The first-order valence-electron chi connectivity index (χ1n) is 6.58. The molecule has 2 aromatic rings. The van der Waals surface area contributed by atoms with Gasteiger partial charge in [-0.2, -0.15) is 0 Å². The molecule has 0 saturated heterocycles. The molecular formula is C14H18ClN3. The molecule has 1 aromatic carbocycles. The molecule has 0 atom stereocenters. The van der Waals surface area contributed by atoms with E-state index in [4.69, 9.17) is 17.3 Å². The van der Waals surface area contributed by atoms with E-state index < -0.39 is 0 Å². The van der Waals surface area contributed by atoms with Crippen LogP contribution in [0.1, 0.15) is 38.6 Å². The molecule has 0 bridgehead atoms. The van der Waals surface area contributed by atoms with Crippen molar-refractivity contribution < 1.29 is 0 Å². The van der Waals surface area contributed by atoms with Crippen molar-refractivity contribution in [1.29, 1.82) is 0 Å². The van der Waals surface area contributed by atoms with Crippen molar-refractivity contribution >= 4 is 28.6 Å². The molecule has 1 fully saturated rings. The second-order valence-electron chi connectivity index (χ2n) is 5.36. The molecular weight excluding hydrogens is 246 g/mol. The van der Waals surface area contributed by atoms with Gasteiger partial charge in [-0.1, -0.05) is 24.6 Å². The number of hydrogen-bond donors (Lipinski definition) is 1. The SMILES string of the molecule is CC1CCC(n2c(N)nc3c(Cl)cccc32)CC1. The third kappa shape index (κ3) is 1.87. The van der Waals surface area contributed by atoms with E-state index in [1.54, 1.807) is 0 Å². The highest BCUT2D eigenvalue weighted by atomic mass is 35.5. The first-order valence-corrected chi connectivity index (χ1v) is 6.96. The summed E-state index contributed by atoms with van der Waals surface area (Å²) in [5.41, 5.74) is 7.98. The number of nitrogens with zero attached hydrogens (tertiary/aromatic N) is 2. The minimum Gasteiger partial charge on any atom is -0.369 e. The Morgan fingerprint density at radius 3 is 2.72 bits per heavy atom. The van der Waals surface area contributed by atoms with E-state index in [9.17, 15) is 0 Å². The minimum absolute atomic E-state index is 0.477. The van der Waals surface area contributed by atoms with Crippen LogP contribution in [0.25, 0.3) is 11.0 Å².